The standard InChI is InChI=1S/C32H36N4O4/c1-4-7-8-11-21-34(31(37)24-13-12-14-26(22-24)36(39)40)29(6-3)30-33-28-16-10-9-15-27(28)32(38)35(30)25-19-17-23(5-2)18-20-25/h9-10,12-20,22,29H,4-8,11,21H2,1-3H3. The first-order valence-electron chi connectivity index (χ1n) is 14.1. The van der Waals surface area contributed by atoms with E-state index in [0.717, 1.165) is 37.7 Å². The van der Waals surface area contributed by atoms with Gasteiger partial charge in [-0.2, -0.15) is 0 Å². The van der Waals surface area contributed by atoms with Gasteiger partial charge in [0.25, 0.3) is 17.2 Å². The second kappa shape index (κ2) is 13.2. The summed E-state index contributed by atoms with van der Waals surface area (Å²) in [5.74, 6) is 0.159. The average molecular weight is 541 g/mol. The number of unbranched alkanes of at least 4 members (excludes halogenated alkanes) is 3. The van der Waals surface area contributed by atoms with E-state index in [9.17, 15) is 19.7 Å². The molecule has 8 nitrogen and oxygen atoms in total. The summed E-state index contributed by atoms with van der Waals surface area (Å²) in [5, 5.41) is 11.9. The second-order valence-electron chi connectivity index (χ2n) is 9.94. The number of aryl methyl sites for hydroxylation is 1. The lowest BCUT2D eigenvalue weighted by molar-refractivity contribution is -0.384. The van der Waals surface area contributed by atoms with E-state index >= 15 is 0 Å². The van der Waals surface area contributed by atoms with Gasteiger partial charge in [-0.1, -0.05) is 70.4 Å². The smallest absolute Gasteiger partial charge is 0.270 e. The zero-order valence-corrected chi connectivity index (χ0v) is 23.4. The summed E-state index contributed by atoms with van der Waals surface area (Å²) in [7, 11) is 0. The van der Waals surface area contributed by atoms with Gasteiger partial charge in [-0.15, -0.1) is 0 Å². The molecule has 208 valence electrons. The number of hydrogen-bond acceptors (Lipinski definition) is 5. The predicted octanol–water partition coefficient (Wildman–Crippen LogP) is 7.03. The Morgan fingerprint density at radius 2 is 1.73 bits per heavy atom. The van der Waals surface area contributed by atoms with Gasteiger partial charge in [0.05, 0.1) is 27.6 Å². The van der Waals surface area contributed by atoms with Crippen LogP contribution in [0, 0.1) is 10.1 Å². The molecule has 1 heterocycles. The highest BCUT2D eigenvalue weighted by Gasteiger charge is 2.30. The Morgan fingerprint density at radius 3 is 2.40 bits per heavy atom. The lowest BCUT2D eigenvalue weighted by Crippen LogP contribution is -2.39. The predicted molar refractivity (Wildman–Crippen MR) is 158 cm³/mol. The Morgan fingerprint density at radius 1 is 0.975 bits per heavy atom. The summed E-state index contributed by atoms with van der Waals surface area (Å²) in [5.41, 5.74) is 2.31. The van der Waals surface area contributed by atoms with Crippen LogP contribution >= 0.6 is 0 Å². The summed E-state index contributed by atoms with van der Waals surface area (Å²) in [6.07, 6.45) is 5.19. The summed E-state index contributed by atoms with van der Waals surface area (Å²) < 4.78 is 1.62. The van der Waals surface area contributed by atoms with Crippen molar-refractivity contribution in [3.05, 3.63) is 110 Å². The first-order valence-corrected chi connectivity index (χ1v) is 14.1. The molecule has 0 fully saturated rings. The molecule has 4 aromatic rings. The third kappa shape index (κ3) is 6.11. The second-order valence-corrected chi connectivity index (χ2v) is 9.94. The molecule has 0 saturated carbocycles. The van der Waals surface area contributed by atoms with E-state index in [1.165, 1.54) is 18.2 Å². The number of amides is 1. The summed E-state index contributed by atoms with van der Waals surface area (Å²) in [6, 6.07) is 20.4. The van der Waals surface area contributed by atoms with E-state index in [0.29, 0.717) is 35.4 Å². The third-order valence-electron chi connectivity index (χ3n) is 7.28. The Hall–Kier alpha value is -4.33. The summed E-state index contributed by atoms with van der Waals surface area (Å²) >= 11 is 0. The van der Waals surface area contributed by atoms with Crippen LogP contribution in [0.5, 0.6) is 0 Å². The third-order valence-corrected chi connectivity index (χ3v) is 7.28. The fourth-order valence-corrected chi connectivity index (χ4v) is 5.07. The normalized spacial score (nSPS) is 11.9. The van der Waals surface area contributed by atoms with Gasteiger partial charge in [0, 0.05) is 24.2 Å². The topological polar surface area (TPSA) is 98.3 Å². The maximum absolute atomic E-state index is 14.0. The monoisotopic (exact) mass is 540 g/mol. The summed E-state index contributed by atoms with van der Waals surface area (Å²) in [6.45, 7) is 6.61. The van der Waals surface area contributed by atoms with Crippen LogP contribution in [0.3, 0.4) is 0 Å². The lowest BCUT2D eigenvalue weighted by atomic mass is 10.1. The Labute approximate surface area is 234 Å². The number of carbonyl (C=O) groups excluding carboxylic acids is 1. The van der Waals surface area contributed by atoms with E-state index in [2.05, 4.69) is 13.8 Å². The molecule has 0 aliphatic carbocycles. The number of hydrogen-bond donors (Lipinski definition) is 0. The Kier molecular flexibility index (Phi) is 9.43. The maximum atomic E-state index is 14.0. The molecule has 4 rings (SSSR count). The van der Waals surface area contributed by atoms with E-state index < -0.39 is 11.0 Å². The van der Waals surface area contributed by atoms with Gasteiger partial charge in [-0.05, 0) is 55.2 Å². The minimum Gasteiger partial charge on any atom is -0.328 e. The average Bonchev–Trinajstić information content (AvgIpc) is 2.98. The zero-order valence-electron chi connectivity index (χ0n) is 23.4. The van der Waals surface area contributed by atoms with Crippen molar-refractivity contribution in [2.75, 3.05) is 6.54 Å². The molecule has 0 radical (unpaired) electrons. The van der Waals surface area contributed by atoms with E-state index in [1.807, 2.05) is 49.4 Å². The van der Waals surface area contributed by atoms with Crippen molar-refractivity contribution >= 4 is 22.5 Å². The number of rotatable bonds is 12. The lowest BCUT2D eigenvalue weighted by Gasteiger charge is -2.32. The molecule has 1 atom stereocenters. The molecule has 0 bridgehead atoms. The van der Waals surface area contributed by atoms with Crippen LogP contribution in [0.25, 0.3) is 16.6 Å². The van der Waals surface area contributed by atoms with Gasteiger partial charge in [-0.25, -0.2) is 4.98 Å². The van der Waals surface area contributed by atoms with Gasteiger partial charge < -0.3 is 4.90 Å². The minimum absolute atomic E-state index is 0.137. The van der Waals surface area contributed by atoms with Crippen molar-refractivity contribution < 1.29 is 9.72 Å². The number of benzene rings is 3. The van der Waals surface area contributed by atoms with Crippen LogP contribution in [0.15, 0.2) is 77.6 Å². The molecular formula is C32H36N4O4. The van der Waals surface area contributed by atoms with Crippen LogP contribution in [0.4, 0.5) is 5.69 Å². The van der Waals surface area contributed by atoms with Gasteiger partial charge >= 0.3 is 0 Å². The maximum Gasteiger partial charge on any atom is 0.270 e. The van der Waals surface area contributed by atoms with E-state index in [-0.39, 0.29) is 22.7 Å². The van der Waals surface area contributed by atoms with Crippen molar-refractivity contribution in [2.24, 2.45) is 0 Å². The molecule has 0 aliphatic rings. The molecule has 0 aliphatic heterocycles. The van der Waals surface area contributed by atoms with Crippen molar-refractivity contribution in [1.29, 1.82) is 0 Å². The fraction of sp³-hybridized carbons (Fsp3) is 0.344. The highest BCUT2D eigenvalue weighted by molar-refractivity contribution is 5.95. The van der Waals surface area contributed by atoms with Gasteiger partial charge in [0.15, 0.2) is 0 Å². The van der Waals surface area contributed by atoms with Crippen LogP contribution < -0.4 is 5.56 Å². The number of nitro benzene ring substituents is 1. The van der Waals surface area contributed by atoms with Crippen LogP contribution in [0.2, 0.25) is 0 Å². The zero-order chi connectivity index (χ0) is 28.6. The fourth-order valence-electron chi connectivity index (χ4n) is 5.07. The van der Waals surface area contributed by atoms with Gasteiger partial charge in [-0.3, -0.25) is 24.3 Å². The molecule has 1 aromatic heterocycles. The molecular weight excluding hydrogens is 504 g/mol. The van der Waals surface area contributed by atoms with Crippen molar-refractivity contribution in [2.45, 2.75) is 65.3 Å². The largest absolute Gasteiger partial charge is 0.328 e. The number of non-ortho nitro benzene ring substituents is 1. The number of nitrogens with zero attached hydrogens (tertiary/aromatic N) is 4. The number of para-hydroxylation sites is 1. The van der Waals surface area contributed by atoms with Gasteiger partial charge in [0.1, 0.15) is 5.82 Å². The minimum atomic E-state index is -0.531. The Balaban J connectivity index is 1.89. The number of carbonyl (C=O) groups is 1. The summed E-state index contributed by atoms with van der Waals surface area (Å²) in [4.78, 5) is 45.6. The van der Waals surface area contributed by atoms with Crippen LogP contribution in [-0.2, 0) is 6.42 Å². The molecule has 0 saturated heterocycles. The van der Waals surface area contributed by atoms with Crippen molar-refractivity contribution in [3.8, 4) is 5.69 Å². The Bertz CT molecular complexity index is 1550. The number of aromatic nitrogens is 2. The molecule has 1 unspecified atom stereocenters. The van der Waals surface area contributed by atoms with Crippen molar-refractivity contribution in [3.63, 3.8) is 0 Å². The SMILES string of the molecule is CCCCCCN(C(=O)c1cccc([N+](=O)[O-])c1)C(CC)c1nc2ccccc2c(=O)n1-c1ccc(CC)cc1. The first kappa shape index (κ1) is 28.7. The molecule has 0 spiro atoms. The first-order chi connectivity index (χ1) is 19.4. The van der Waals surface area contributed by atoms with Gasteiger partial charge in [0.2, 0.25) is 0 Å². The van der Waals surface area contributed by atoms with Crippen LogP contribution in [0.1, 0.15) is 80.7 Å². The molecule has 1 amide bonds. The number of fused-ring (bicyclic) bond motifs is 1. The van der Waals surface area contributed by atoms with E-state index in [4.69, 9.17) is 4.98 Å². The molecule has 0 N–H and O–H groups in total. The van der Waals surface area contributed by atoms with Crippen molar-refractivity contribution in [1.82, 2.24) is 14.5 Å². The molecule has 8 heteroatoms. The van der Waals surface area contributed by atoms with Crippen LogP contribution in [-0.4, -0.2) is 31.8 Å². The molecule has 3 aromatic carbocycles. The highest BCUT2D eigenvalue weighted by atomic mass is 16.6. The number of nitro groups is 1. The highest BCUT2D eigenvalue weighted by Crippen LogP contribution is 2.29. The van der Waals surface area contributed by atoms with E-state index in [1.54, 1.807) is 21.6 Å². The molecule has 40 heavy (non-hydrogen) atoms. The quantitative estimate of drug-likeness (QED) is 0.109.